The highest BCUT2D eigenvalue weighted by atomic mass is 79.9. The fraction of sp³-hybridized carbons (Fsp3) is 0.154. The van der Waals surface area contributed by atoms with Gasteiger partial charge in [-0.1, -0.05) is 6.07 Å². The normalized spacial score (nSPS) is 10.3. The van der Waals surface area contributed by atoms with Crippen LogP contribution in [0.1, 0.15) is 20.8 Å². The lowest BCUT2D eigenvalue weighted by molar-refractivity contribution is 0.0699. The predicted molar refractivity (Wildman–Crippen MR) is 74.5 cm³/mol. The molecule has 0 radical (unpaired) electrons. The summed E-state index contributed by atoms with van der Waals surface area (Å²) in [5, 5.41) is 10.7. The zero-order valence-electron chi connectivity index (χ0n) is 9.64. The minimum Gasteiger partial charge on any atom is -0.488 e. The second kappa shape index (κ2) is 5.54. The number of carbonyl (C=O) groups is 1. The maximum Gasteiger partial charge on any atom is 0.346 e. The summed E-state index contributed by atoms with van der Waals surface area (Å²) in [4.78, 5) is 11.3. The van der Waals surface area contributed by atoms with Crippen LogP contribution in [0.5, 0.6) is 5.75 Å². The molecule has 94 valence electrons. The Kier molecular flexibility index (Phi) is 4.04. The van der Waals surface area contributed by atoms with Gasteiger partial charge in [-0.2, -0.15) is 0 Å². The number of ether oxygens (including phenoxy) is 1. The molecule has 1 aromatic carbocycles. The highest BCUT2D eigenvalue weighted by Crippen LogP contribution is 2.27. The van der Waals surface area contributed by atoms with Crippen molar-refractivity contribution >= 4 is 33.2 Å². The van der Waals surface area contributed by atoms with Crippen molar-refractivity contribution in [1.82, 2.24) is 0 Å². The summed E-state index contributed by atoms with van der Waals surface area (Å²) < 4.78 is 6.49. The zero-order valence-corrected chi connectivity index (χ0v) is 12.0. The van der Waals surface area contributed by atoms with Crippen LogP contribution in [0.15, 0.2) is 34.1 Å². The van der Waals surface area contributed by atoms with Gasteiger partial charge in [0.1, 0.15) is 17.2 Å². The van der Waals surface area contributed by atoms with E-state index in [0.29, 0.717) is 16.2 Å². The van der Waals surface area contributed by atoms with Crippen molar-refractivity contribution in [2.24, 2.45) is 0 Å². The number of aromatic carboxylic acids is 1. The lowest BCUT2D eigenvalue weighted by atomic mass is 10.2. The van der Waals surface area contributed by atoms with E-state index < -0.39 is 5.97 Å². The van der Waals surface area contributed by atoms with Crippen LogP contribution in [0.25, 0.3) is 0 Å². The molecule has 0 saturated heterocycles. The third kappa shape index (κ3) is 2.91. The van der Waals surface area contributed by atoms with Crippen LogP contribution in [0, 0.1) is 6.92 Å². The van der Waals surface area contributed by atoms with E-state index in [1.807, 2.05) is 25.1 Å². The van der Waals surface area contributed by atoms with Gasteiger partial charge in [0.2, 0.25) is 0 Å². The molecule has 5 heteroatoms. The molecule has 0 bridgehead atoms. The van der Waals surface area contributed by atoms with Crippen LogP contribution in [0.2, 0.25) is 0 Å². The maximum atomic E-state index is 11.0. The largest absolute Gasteiger partial charge is 0.488 e. The van der Waals surface area contributed by atoms with Crippen molar-refractivity contribution in [3.63, 3.8) is 0 Å². The van der Waals surface area contributed by atoms with E-state index in [9.17, 15) is 4.79 Å². The molecular formula is C13H11BrO3S. The maximum absolute atomic E-state index is 11.0. The van der Waals surface area contributed by atoms with Gasteiger partial charge in [0.05, 0.1) is 4.47 Å². The Labute approximate surface area is 117 Å². The molecule has 0 unspecified atom stereocenters. The second-order valence-electron chi connectivity index (χ2n) is 3.80. The molecule has 0 aliphatic heterocycles. The molecule has 0 aliphatic rings. The average Bonchev–Trinajstić information content (AvgIpc) is 2.76. The van der Waals surface area contributed by atoms with Crippen LogP contribution < -0.4 is 4.74 Å². The molecule has 2 rings (SSSR count). The fourth-order valence-electron chi connectivity index (χ4n) is 1.52. The van der Waals surface area contributed by atoms with Gasteiger partial charge in [-0.05, 0) is 52.0 Å². The Hall–Kier alpha value is -1.33. The molecule has 0 aliphatic carbocycles. The Morgan fingerprint density at radius 1 is 1.44 bits per heavy atom. The van der Waals surface area contributed by atoms with E-state index in [0.717, 1.165) is 10.0 Å². The van der Waals surface area contributed by atoms with Gasteiger partial charge in [-0.15, -0.1) is 11.3 Å². The van der Waals surface area contributed by atoms with Crippen LogP contribution in [0.3, 0.4) is 0 Å². The smallest absolute Gasteiger partial charge is 0.346 e. The van der Waals surface area contributed by atoms with Crippen LogP contribution >= 0.6 is 27.3 Å². The van der Waals surface area contributed by atoms with Crippen LogP contribution in [-0.2, 0) is 6.61 Å². The highest BCUT2D eigenvalue weighted by Gasteiger charge is 2.12. The van der Waals surface area contributed by atoms with Crippen molar-refractivity contribution in [2.75, 3.05) is 0 Å². The average molecular weight is 327 g/mol. The van der Waals surface area contributed by atoms with Gasteiger partial charge < -0.3 is 9.84 Å². The number of benzene rings is 1. The highest BCUT2D eigenvalue weighted by molar-refractivity contribution is 9.10. The molecule has 3 nitrogen and oxygen atoms in total. The predicted octanol–water partition coefficient (Wildman–Crippen LogP) is 4.10. The molecule has 2 aromatic rings. The zero-order chi connectivity index (χ0) is 13.1. The van der Waals surface area contributed by atoms with E-state index in [1.165, 1.54) is 11.3 Å². The summed E-state index contributed by atoms with van der Waals surface area (Å²) in [5.74, 6) is -0.199. The number of hydrogen-bond acceptors (Lipinski definition) is 3. The van der Waals surface area contributed by atoms with Crippen LogP contribution in [-0.4, -0.2) is 11.1 Å². The minimum absolute atomic E-state index is 0.257. The molecule has 1 N–H and O–H groups in total. The van der Waals surface area contributed by atoms with Crippen molar-refractivity contribution in [2.45, 2.75) is 13.5 Å². The molecule has 18 heavy (non-hydrogen) atoms. The molecule has 0 spiro atoms. The van der Waals surface area contributed by atoms with Crippen molar-refractivity contribution in [3.8, 4) is 5.75 Å². The summed E-state index contributed by atoms with van der Waals surface area (Å²) in [7, 11) is 0. The monoisotopic (exact) mass is 326 g/mol. The Morgan fingerprint density at radius 3 is 2.89 bits per heavy atom. The van der Waals surface area contributed by atoms with Gasteiger partial charge in [0.25, 0.3) is 0 Å². The van der Waals surface area contributed by atoms with Crippen molar-refractivity contribution < 1.29 is 14.6 Å². The third-order valence-electron chi connectivity index (χ3n) is 2.41. The number of hydrogen-bond donors (Lipinski definition) is 1. The Bertz CT molecular complexity index is 577. The quantitative estimate of drug-likeness (QED) is 0.920. The first kappa shape index (κ1) is 13.1. The summed E-state index contributed by atoms with van der Waals surface area (Å²) in [6.45, 7) is 2.25. The SMILES string of the molecule is Cc1ccc(OCc2ccsc2C(=O)O)c(Br)c1. The summed E-state index contributed by atoms with van der Waals surface area (Å²) >= 11 is 4.63. The summed E-state index contributed by atoms with van der Waals surface area (Å²) in [5.41, 5.74) is 1.83. The van der Waals surface area contributed by atoms with Crippen molar-refractivity contribution in [3.05, 3.63) is 50.1 Å². The van der Waals surface area contributed by atoms with Gasteiger partial charge in [-0.3, -0.25) is 0 Å². The standard InChI is InChI=1S/C13H11BrO3S/c1-8-2-3-11(10(14)6-8)17-7-9-4-5-18-12(9)13(15)16/h2-6H,7H2,1H3,(H,15,16). The lowest BCUT2D eigenvalue weighted by Crippen LogP contribution is -2.02. The number of thiophene rings is 1. The van der Waals surface area contributed by atoms with Crippen LogP contribution in [0.4, 0.5) is 0 Å². The molecule has 0 atom stereocenters. The minimum atomic E-state index is -0.911. The van der Waals surface area contributed by atoms with Gasteiger partial charge in [0, 0.05) is 5.56 Å². The molecule has 1 aromatic heterocycles. The van der Waals surface area contributed by atoms with E-state index in [-0.39, 0.29) is 6.61 Å². The van der Waals surface area contributed by atoms with E-state index in [4.69, 9.17) is 9.84 Å². The van der Waals surface area contributed by atoms with E-state index in [2.05, 4.69) is 15.9 Å². The third-order valence-corrected chi connectivity index (χ3v) is 3.98. The Morgan fingerprint density at radius 2 is 2.22 bits per heavy atom. The molecule has 0 saturated carbocycles. The first-order valence-electron chi connectivity index (χ1n) is 5.26. The lowest BCUT2D eigenvalue weighted by Gasteiger charge is -2.08. The summed E-state index contributed by atoms with van der Waals surface area (Å²) in [6, 6.07) is 7.55. The van der Waals surface area contributed by atoms with E-state index >= 15 is 0 Å². The topological polar surface area (TPSA) is 46.5 Å². The van der Waals surface area contributed by atoms with Gasteiger partial charge in [0.15, 0.2) is 0 Å². The second-order valence-corrected chi connectivity index (χ2v) is 5.57. The number of carboxylic acids is 1. The molecule has 0 amide bonds. The molecule has 1 heterocycles. The van der Waals surface area contributed by atoms with E-state index in [1.54, 1.807) is 11.4 Å². The van der Waals surface area contributed by atoms with Gasteiger partial charge in [-0.25, -0.2) is 4.79 Å². The Balaban J connectivity index is 2.11. The fourth-order valence-corrected chi connectivity index (χ4v) is 2.87. The summed E-state index contributed by atoms with van der Waals surface area (Å²) in [6.07, 6.45) is 0. The number of aryl methyl sites for hydroxylation is 1. The number of halogens is 1. The van der Waals surface area contributed by atoms with Gasteiger partial charge >= 0.3 is 5.97 Å². The first-order valence-corrected chi connectivity index (χ1v) is 6.94. The number of rotatable bonds is 4. The first-order chi connectivity index (χ1) is 8.58. The number of carboxylic acid groups (broad SMARTS) is 1. The molecule has 0 fully saturated rings. The molecular weight excluding hydrogens is 316 g/mol. The van der Waals surface area contributed by atoms with Crippen molar-refractivity contribution in [1.29, 1.82) is 0 Å².